The van der Waals surface area contributed by atoms with Crippen LogP contribution in [-0.4, -0.2) is 66.4 Å². The number of rotatable bonds is 12. The summed E-state index contributed by atoms with van der Waals surface area (Å²) in [5.41, 5.74) is 5.33. The van der Waals surface area contributed by atoms with Crippen LogP contribution in [0.3, 0.4) is 0 Å². The molecule has 0 spiro atoms. The van der Waals surface area contributed by atoms with Gasteiger partial charge in [-0.15, -0.1) is 0 Å². The number of piperidine rings is 1. The summed E-state index contributed by atoms with van der Waals surface area (Å²) in [4.78, 5) is 40.2. The lowest BCUT2D eigenvalue weighted by Crippen LogP contribution is -2.48. The number of carbonyl (C=O) groups excluding carboxylic acids is 2. The topological polar surface area (TPSA) is 156 Å². The van der Waals surface area contributed by atoms with Crippen molar-refractivity contribution in [3.63, 3.8) is 0 Å². The number of hydrogen-bond donors (Lipinski definition) is 5. The lowest BCUT2D eigenvalue weighted by molar-refractivity contribution is -0.896. The Hall–Kier alpha value is -5.01. The number of halogens is 1. The fourth-order valence-corrected chi connectivity index (χ4v) is 7.13. The van der Waals surface area contributed by atoms with Crippen LogP contribution in [0.25, 0.3) is 22.0 Å². The molecule has 0 bridgehead atoms. The smallest absolute Gasteiger partial charge is 0.411 e. The molecule has 1 aliphatic heterocycles. The number of amides is 2. The van der Waals surface area contributed by atoms with E-state index in [1.165, 1.54) is 12.1 Å². The van der Waals surface area contributed by atoms with E-state index in [1.807, 2.05) is 66.7 Å². The third-order valence-electron chi connectivity index (χ3n) is 9.67. The Morgan fingerprint density at radius 1 is 0.981 bits per heavy atom. The molecule has 2 amide bonds. The maximum Gasteiger partial charge on any atom is 0.411 e. The van der Waals surface area contributed by atoms with Crippen LogP contribution in [0.15, 0.2) is 100 Å². The number of fused-ring (bicyclic) bond motifs is 1. The second-order valence-electron chi connectivity index (χ2n) is 14.1. The van der Waals surface area contributed by atoms with Crippen molar-refractivity contribution in [2.75, 3.05) is 44.4 Å². The molecule has 12 heteroatoms. The Morgan fingerprint density at radius 3 is 2.51 bits per heavy atom. The summed E-state index contributed by atoms with van der Waals surface area (Å²) in [5.74, 6) is -0.444. The van der Waals surface area contributed by atoms with Crippen molar-refractivity contribution in [3.05, 3.63) is 123 Å². The SMILES string of the molecule is C[N+]1(C)CCC(OC(=O)Nc2ccc(CCC(=O)Nc3ccc(CNC[C@H](O)c4ccc([O-])c5[nH]c(=O)ccc45)c(Br)c3)cc2-c2ccccc2)CC1. The van der Waals surface area contributed by atoms with Gasteiger partial charge in [0, 0.05) is 65.0 Å². The first-order valence-corrected chi connectivity index (χ1v) is 18.5. The second kappa shape index (κ2) is 16.8. The zero-order valence-electron chi connectivity index (χ0n) is 29.8. The minimum absolute atomic E-state index is 0.0978. The van der Waals surface area contributed by atoms with Gasteiger partial charge < -0.3 is 35.1 Å². The molecule has 6 rings (SSSR count). The number of aliphatic hydroxyl groups is 1. The molecular formula is C41H44BrN5O6. The van der Waals surface area contributed by atoms with Crippen LogP contribution in [0, 0.1) is 0 Å². The molecule has 276 valence electrons. The average Bonchev–Trinajstić information content (AvgIpc) is 3.13. The molecule has 1 aromatic heterocycles. The molecule has 2 heterocycles. The zero-order valence-corrected chi connectivity index (χ0v) is 31.4. The first kappa shape index (κ1) is 37.7. The van der Waals surface area contributed by atoms with Crippen LogP contribution in [0.5, 0.6) is 5.75 Å². The Kier molecular flexibility index (Phi) is 11.9. The van der Waals surface area contributed by atoms with E-state index in [9.17, 15) is 24.6 Å². The molecule has 1 saturated heterocycles. The van der Waals surface area contributed by atoms with Crippen LogP contribution in [0.1, 0.15) is 42.1 Å². The van der Waals surface area contributed by atoms with Crippen LogP contribution in [-0.2, 0) is 22.5 Å². The summed E-state index contributed by atoms with van der Waals surface area (Å²) in [7, 11) is 4.38. The van der Waals surface area contributed by atoms with Gasteiger partial charge in [-0.25, -0.2) is 4.79 Å². The van der Waals surface area contributed by atoms with Crippen molar-refractivity contribution < 1.29 is 29.0 Å². The van der Waals surface area contributed by atoms with Gasteiger partial charge in [0.05, 0.1) is 39.0 Å². The highest BCUT2D eigenvalue weighted by atomic mass is 79.9. The molecule has 0 radical (unpaired) electrons. The highest BCUT2D eigenvalue weighted by Crippen LogP contribution is 2.31. The normalized spacial score (nSPS) is 14.8. The highest BCUT2D eigenvalue weighted by molar-refractivity contribution is 9.10. The number of pyridine rings is 1. The van der Waals surface area contributed by atoms with Gasteiger partial charge in [0.2, 0.25) is 11.5 Å². The molecule has 0 unspecified atom stereocenters. The summed E-state index contributed by atoms with van der Waals surface area (Å²) in [6.07, 6.45) is 0.962. The van der Waals surface area contributed by atoms with Gasteiger partial charge >= 0.3 is 6.09 Å². The van der Waals surface area contributed by atoms with Gasteiger partial charge in [-0.2, -0.15) is 0 Å². The molecule has 11 nitrogen and oxygen atoms in total. The molecule has 53 heavy (non-hydrogen) atoms. The first-order valence-electron chi connectivity index (χ1n) is 17.7. The summed E-state index contributed by atoms with van der Waals surface area (Å²) in [6.45, 7) is 2.58. The average molecular weight is 783 g/mol. The van der Waals surface area contributed by atoms with Gasteiger partial charge in [-0.1, -0.05) is 76.3 Å². The molecule has 1 aliphatic rings. The number of benzene rings is 4. The van der Waals surface area contributed by atoms with E-state index in [1.54, 1.807) is 12.1 Å². The molecular weight excluding hydrogens is 738 g/mol. The van der Waals surface area contributed by atoms with Crippen molar-refractivity contribution in [3.8, 4) is 16.9 Å². The maximum absolute atomic E-state index is 13.0. The van der Waals surface area contributed by atoms with E-state index in [0.29, 0.717) is 35.3 Å². The van der Waals surface area contributed by atoms with Crippen molar-refractivity contribution in [2.24, 2.45) is 0 Å². The fraction of sp³-hybridized carbons (Fsp3) is 0.293. The quantitative estimate of drug-likeness (QED) is 0.0943. The van der Waals surface area contributed by atoms with Gasteiger partial charge in [-0.05, 0) is 59.0 Å². The maximum atomic E-state index is 13.0. The van der Waals surface area contributed by atoms with E-state index in [2.05, 4.69) is 51.0 Å². The number of aryl methyl sites for hydroxylation is 1. The predicted molar refractivity (Wildman–Crippen MR) is 209 cm³/mol. The lowest BCUT2D eigenvalue weighted by atomic mass is 9.99. The minimum Gasteiger partial charge on any atom is -0.871 e. The molecule has 0 saturated carbocycles. The van der Waals surface area contributed by atoms with E-state index < -0.39 is 12.2 Å². The van der Waals surface area contributed by atoms with Crippen molar-refractivity contribution in [1.29, 1.82) is 0 Å². The summed E-state index contributed by atoms with van der Waals surface area (Å²) in [5, 5.41) is 32.7. The number of aromatic amines is 1. The fourth-order valence-electron chi connectivity index (χ4n) is 6.61. The molecule has 4 aromatic carbocycles. The molecule has 1 atom stereocenters. The Bertz CT molecular complexity index is 2140. The number of quaternary nitrogens is 1. The van der Waals surface area contributed by atoms with E-state index in [0.717, 1.165) is 57.1 Å². The van der Waals surface area contributed by atoms with Crippen molar-refractivity contribution in [1.82, 2.24) is 10.3 Å². The zero-order chi connectivity index (χ0) is 37.5. The van der Waals surface area contributed by atoms with Crippen LogP contribution in [0.4, 0.5) is 16.2 Å². The number of aromatic nitrogens is 1. The van der Waals surface area contributed by atoms with Crippen molar-refractivity contribution >= 4 is 50.2 Å². The number of nitrogens with one attached hydrogen (secondary N) is 4. The third kappa shape index (κ3) is 9.91. The lowest BCUT2D eigenvalue weighted by Gasteiger charge is -2.36. The number of likely N-dealkylation sites (tertiary alicyclic amines) is 1. The predicted octanol–water partition coefficient (Wildman–Crippen LogP) is 6.21. The Balaban J connectivity index is 1.02. The monoisotopic (exact) mass is 781 g/mol. The van der Waals surface area contributed by atoms with Crippen LogP contribution < -0.4 is 26.6 Å². The summed E-state index contributed by atoms with van der Waals surface area (Å²) in [6, 6.07) is 27.0. The number of hydrogen-bond acceptors (Lipinski definition) is 7. The minimum atomic E-state index is -0.909. The first-order chi connectivity index (χ1) is 25.4. The van der Waals surface area contributed by atoms with Crippen LogP contribution in [0.2, 0.25) is 0 Å². The Morgan fingerprint density at radius 2 is 1.75 bits per heavy atom. The van der Waals surface area contributed by atoms with E-state index in [4.69, 9.17) is 4.74 Å². The number of H-pyrrole nitrogens is 1. The van der Waals surface area contributed by atoms with Gasteiger partial charge in [-0.3, -0.25) is 14.9 Å². The van der Waals surface area contributed by atoms with Crippen LogP contribution >= 0.6 is 15.9 Å². The Labute approximate surface area is 316 Å². The number of anilines is 2. The summed E-state index contributed by atoms with van der Waals surface area (Å²) >= 11 is 3.60. The van der Waals surface area contributed by atoms with Crippen molar-refractivity contribution in [2.45, 2.75) is 44.4 Å². The number of nitrogens with zero attached hydrogens (tertiary/aromatic N) is 1. The van der Waals surface area contributed by atoms with E-state index >= 15 is 0 Å². The third-order valence-corrected chi connectivity index (χ3v) is 10.4. The van der Waals surface area contributed by atoms with Gasteiger partial charge in [0.1, 0.15) is 6.10 Å². The number of ether oxygens (including phenoxy) is 1. The molecule has 5 N–H and O–H groups in total. The second-order valence-corrected chi connectivity index (χ2v) is 15.0. The van der Waals surface area contributed by atoms with E-state index in [-0.39, 0.29) is 41.8 Å². The van der Waals surface area contributed by atoms with Gasteiger partial charge in [0.15, 0.2) is 0 Å². The molecule has 0 aliphatic carbocycles. The molecule has 5 aromatic rings. The van der Waals surface area contributed by atoms with Gasteiger partial charge in [0.25, 0.3) is 0 Å². The molecule has 1 fully saturated rings. The standard InChI is InChI=1S/C41H44BrN5O6/c1-47(2)20-18-30(19-21-47)53-41(52)45-35-14-8-26(22-33(35)27-6-4-3-5-7-27)9-16-38(50)44-29-11-10-28(34(42)23-29)24-43-25-37(49)31-12-15-36(48)40-32(31)13-17-39(51)46-40/h3-8,10-15,17,22-23,30,37,43,49H,9,16,18-21,24-25H2,1-2H3,(H3-,44,45,46,48,50,51,52)/t37-/m0/s1. The largest absolute Gasteiger partial charge is 0.871 e. The number of carbonyl (C=O) groups is 2. The number of aliphatic hydroxyl groups excluding tert-OH is 1. The highest BCUT2D eigenvalue weighted by Gasteiger charge is 2.28. The summed E-state index contributed by atoms with van der Waals surface area (Å²) < 4.78 is 7.50.